The van der Waals surface area contributed by atoms with Gasteiger partial charge < -0.3 is 0 Å². The highest BCUT2D eigenvalue weighted by atomic mass is 35.5. The van der Waals surface area contributed by atoms with E-state index in [2.05, 4.69) is 20.3 Å². The van der Waals surface area contributed by atoms with Crippen LogP contribution < -0.4 is 0 Å². The molecule has 158 valence electrons. The quantitative estimate of drug-likeness (QED) is 0.274. The van der Waals surface area contributed by atoms with Crippen molar-refractivity contribution in [1.29, 1.82) is 0 Å². The highest BCUT2D eigenvalue weighted by Gasteiger charge is 2.24. The number of rotatable bonds is 5. The van der Waals surface area contributed by atoms with Crippen LogP contribution in [0.15, 0.2) is 84.4 Å². The third-order valence-electron chi connectivity index (χ3n) is 4.70. The minimum atomic E-state index is -0.568. The van der Waals surface area contributed by atoms with Gasteiger partial charge in [0.25, 0.3) is 11.8 Å². The average Bonchev–Trinajstić information content (AvgIpc) is 3.28. The monoisotopic (exact) mass is 443 g/mol. The number of nitrogens with one attached hydrogen (secondary N) is 1. The molecule has 0 fully saturated rings. The lowest BCUT2D eigenvalue weighted by Crippen LogP contribution is -2.32. The van der Waals surface area contributed by atoms with Crippen molar-refractivity contribution in [2.75, 3.05) is 0 Å². The lowest BCUT2D eigenvalue weighted by molar-refractivity contribution is 0.0622. The predicted octanol–water partition coefficient (Wildman–Crippen LogP) is 4.75. The van der Waals surface area contributed by atoms with Gasteiger partial charge in [-0.05, 0) is 43.3 Å². The molecule has 2 aromatic heterocycles. The van der Waals surface area contributed by atoms with Crippen LogP contribution in [0.3, 0.4) is 0 Å². The van der Waals surface area contributed by atoms with Crippen molar-refractivity contribution in [3.63, 3.8) is 0 Å². The molecule has 0 radical (unpaired) electrons. The molecule has 4 rings (SSSR count). The summed E-state index contributed by atoms with van der Waals surface area (Å²) in [5, 5.41) is 12.6. The van der Waals surface area contributed by atoms with Crippen molar-refractivity contribution in [3.05, 3.63) is 107 Å². The number of hydrogen-bond donors (Lipinski definition) is 1. The third kappa shape index (κ3) is 4.63. The van der Waals surface area contributed by atoms with Gasteiger partial charge in [0.05, 0.1) is 18.1 Å². The van der Waals surface area contributed by atoms with Gasteiger partial charge in [0, 0.05) is 39.7 Å². The number of benzene rings is 2. The molecule has 4 aromatic rings. The Hall–Kier alpha value is -4.10. The molecule has 0 bridgehead atoms. The first-order chi connectivity index (χ1) is 15.5. The second-order valence-electron chi connectivity index (χ2n) is 6.98. The number of imide groups is 1. The molecule has 1 N–H and O–H groups in total. The maximum atomic E-state index is 13.2. The third-order valence-corrected chi connectivity index (χ3v) is 4.94. The van der Waals surface area contributed by atoms with E-state index in [1.807, 2.05) is 19.1 Å². The molecule has 2 heterocycles. The summed E-state index contributed by atoms with van der Waals surface area (Å²) in [7, 11) is 0. The van der Waals surface area contributed by atoms with E-state index in [9.17, 15) is 9.59 Å². The number of nitrogens with zero attached hydrogens (tertiary/aromatic N) is 4. The van der Waals surface area contributed by atoms with E-state index in [0.29, 0.717) is 27.4 Å². The van der Waals surface area contributed by atoms with Crippen molar-refractivity contribution in [1.82, 2.24) is 20.2 Å². The van der Waals surface area contributed by atoms with Gasteiger partial charge in [-0.15, -0.1) is 0 Å². The lowest BCUT2D eigenvalue weighted by atomic mass is 10.1. The van der Waals surface area contributed by atoms with Crippen LogP contribution in [0.2, 0.25) is 5.02 Å². The molecule has 8 heteroatoms. The number of carbonyl (C=O) groups excluding carboxylic acids is 2. The first-order valence-electron chi connectivity index (χ1n) is 9.71. The zero-order valence-corrected chi connectivity index (χ0v) is 17.8. The molecule has 0 spiro atoms. The number of H-pyrrole nitrogens is 1. The van der Waals surface area contributed by atoms with E-state index >= 15 is 0 Å². The van der Waals surface area contributed by atoms with Gasteiger partial charge >= 0.3 is 0 Å². The fraction of sp³-hybridized carbons (Fsp3) is 0.0417. The Kier molecular flexibility index (Phi) is 6.19. The number of pyridine rings is 1. The van der Waals surface area contributed by atoms with Crippen LogP contribution in [-0.4, -0.2) is 38.2 Å². The number of carbonyl (C=O) groups is 2. The van der Waals surface area contributed by atoms with Crippen LogP contribution in [0.4, 0.5) is 0 Å². The van der Waals surface area contributed by atoms with Crippen LogP contribution in [-0.2, 0) is 0 Å². The average molecular weight is 444 g/mol. The van der Waals surface area contributed by atoms with Crippen molar-refractivity contribution >= 4 is 29.6 Å². The van der Waals surface area contributed by atoms with E-state index in [4.69, 9.17) is 11.6 Å². The number of hydrogen-bond acceptors (Lipinski definition) is 5. The summed E-state index contributed by atoms with van der Waals surface area (Å²) in [6.45, 7) is 1.92. The minimum Gasteiger partial charge on any atom is -0.277 e. The zero-order valence-electron chi connectivity index (χ0n) is 17.1. The number of aryl methyl sites for hydroxylation is 1. The van der Waals surface area contributed by atoms with Gasteiger partial charge in [0.1, 0.15) is 0 Å². The summed E-state index contributed by atoms with van der Waals surface area (Å²) < 4.78 is 0. The number of aromatic nitrogens is 3. The number of aromatic amines is 1. The van der Waals surface area contributed by atoms with E-state index in [1.54, 1.807) is 42.6 Å². The standard InChI is InChI=1S/C24H18ClN5O2/c1-16-5-7-17(8-6-16)23(31)30(24(32)18-9-11-26-12-10-18)28-15-20-14-27-29-22(20)19-3-2-4-21(25)13-19/h2-15H,1H3,(H,27,29). The molecule has 2 amide bonds. The Balaban J connectivity index is 1.71. The number of hydrazone groups is 1. The van der Waals surface area contributed by atoms with E-state index in [1.165, 1.54) is 30.7 Å². The lowest BCUT2D eigenvalue weighted by Gasteiger charge is -2.15. The van der Waals surface area contributed by atoms with Gasteiger partial charge in [-0.1, -0.05) is 41.4 Å². The van der Waals surface area contributed by atoms with Crippen LogP contribution in [0.5, 0.6) is 0 Å². The molecular formula is C24H18ClN5O2. The number of amides is 2. The Bertz CT molecular complexity index is 1280. The maximum absolute atomic E-state index is 13.2. The predicted molar refractivity (Wildman–Crippen MR) is 123 cm³/mol. The molecule has 7 nitrogen and oxygen atoms in total. The summed E-state index contributed by atoms with van der Waals surface area (Å²) in [6.07, 6.45) is 5.95. The van der Waals surface area contributed by atoms with Gasteiger partial charge in [0.2, 0.25) is 0 Å². The highest BCUT2D eigenvalue weighted by Crippen LogP contribution is 2.23. The van der Waals surface area contributed by atoms with Crippen molar-refractivity contribution in [3.8, 4) is 11.3 Å². The fourth-order valence-corrected chi connectivity index (χ4v) is 3.21. The second-order valence-corrected chi connectivity index (χ2v) is 7.42. The van der Waals surface area contributed by atoms with Crippen molar-refractivity contribution < 1.29 is 9.59 Å². The van der Waals surface area contributed by atoms with Crippen LogP contribution in [0, 0.1) is 6.92 Å². The van der Waals surface area contributed by atoms with Gasteiger partial charge in [-0.3, -0.25) is 19.7 Å². The van der Waals surface area contributed by atoms with Crippen molar-refractivity contribution in [2.24, 2.45) is 5.10 Å². The molecule has 32 heavy (non-hydrogen) atoms. The smallest absolute Gasteiger partial charge is 0.277 e. The van der Waals surface area contributed by atoms with E-state index < -0.39 is 11.8 Å². The largest absolute Gasteiger partial charge is 0.281 e. The molecule has 0 unspecified atom stereocenters. The Morgan fingerprint density at radius 2 is 1.69 bits per heavy atom. The highest BCUT2D eigenvalue weighted by molar-refractivity contribution is 6.30. The first-order valence-corrected chi connectivity index (χ1v) is 10.1. The Labute approximate surface area is 189 Å². The normalized spacial score (nSPS) is 10.9. The van der Waals surface area contributed by atoms with E-state index in [-0.39, 0.29) is 0 Å². The summed E-state index contributed by atoms with van der Waals surface area (Å²) in [5.74, 6) is -1.11. The fourth-order valence-electron chi connectivity index (χ4n) is 3.02. The molecule has 0 saturated heterocycles. The minimum absolute atomic E-state index is 0.292. The summed E-state index contributed by atoms with van der Waals surface area (Å²) in [6, 6.07) is 17.2. The number of halogens is 1. The zero-order chi connectivity index (χ0) is 22.5. The molecule has 0 atom stereocenters. The SMILES string of the molecule is Cc1ccc(C(=O)N(N=Cc2cn[nH]c2-c2cccc(Cl)c2)C(=O)c2ccncc2)cc1. The summed E-state index contributed by atoms with van der Waals surface area (Å²) in [5.41, 5.74) is 3.69. The maximum Gasteiger partial charge on any atom is 0.281 e. The van der Waals surface area contributed by atoms with Crippen molar-refractivity contribution in [2.45, 2.75) is 6.92 Å². The summed E-state index contributed by atoms with van der Waals surface area (Å²) >= 11 is 6.10. The molecular weight excluding hydrogens is 426 g/mol. The van der Waals surface area contributed by atoms with E-state index in [0.717, 1.165) is 16.1 Å². The first kappa shape index (κ1) is 21.1. The molecule has 0 aliphatic heterocycles. The molecule has 0 aliphatic rings. The topological polar surface area (TPSA) is 91.3 Å². The van der Waals surface area contributed by atoms with Crippen LogP contribution in [0.1, 0.15) is 31.8 Å². The Morgan fingerprint density at radius 1 is 1.00 bits per heavy atom. The second kappa shape index (κ2) is 9.36. The van der Waals surface area contributed by atoms with Gasteiger partial charge in [-0.25, -0.2) is 0 Å². The van der Waals surface area contributed by atoms with Crippen LogP contribution >= 0.6 is 11.6 Å². The van der Waals surface area contributed by atoms with Gasteiger partial charge in [0.15, 0.2) is 0 Å². The van der Waals surface area contributed by atoms with Crippen LogP contribution in [0.25, 0.3) is 11.3 Å². The molecule has 0 aliphatic carbocycles. The molecule has 0 saturated carbocycles. The van der Waals surface area contributed by atoms with Gasteiger partial charge in [-0.2, -0.15) is 15.2 Å². The summed E-state index contributed by atoms with van der Waals surface area (Å²) in [4.78, 5) is 30.2. The molecule has 2 aromatic carbocycles. The Morgan fingerprint density at radius 3 is 2.38 bits per heavy atom.